The highest BCUT2D eigenvalue weighted by molar-refractivity contribution is 5.69. The van der Waals surface area contributed by atoms with Crippen LogP contribution in [0.3, 0.4) is 0 Å². The maximum absolute atomic E-state index is 5.78. The minimum Gasteiger partial charge on any atom is -0.491 e. The van der Waals surface area contributed by atoms with Crippen LogP contribution in [0.5, 0.6) is 5.75 Å². The number of rotatable bonds is 1. The summed E-state index contributed by atoms with van der Waals surface area (Å²) in [6.07, 6.45) is 5.48. The van der Waals surface area contributed by atoms with E-state index in [1.54, 1.807) is 6.20 Å². The molecule has 20 heavy (non-hydrogen) atoms. The number of hydrogen-bond acceptors (Lipinski definition) is 3. The largest absolute Gasteiger partial charge is 0.491 e. The van der Waals surface area contributed by atoms with Gasteiger partial charge in [-0.2, -0.15) is 0 Å². The van der Waals surface area contributed by atoms with Crippen LogP contribution in [0.25, 0.3) is 22.6 Å². The predicted molar refractivity (Wildman–Crippen MR) is 76.4 cm³/mol. The van der Waals surface area contributed by atoms with Crippen molar-refractivity contribution >= 4 is 0 Å². The molecule has 0 N–H and O–H groups in total. The molecule has 0 saturated heterocycles. The van der Waals surface area contributed by atoms with Crippen molar-refractivity contribution in [2.24, 2.45) is 0 Å². The van der Waals surface area contributed by atoms with Crippen molar-refractivity contribution in [3.63, 3.8) is 0 Å². The summed E-state index contributed by atoms with van der Waals surface area (Å²) in [4.78, 5) is 8.76. The topological polar surface area (TPSA) is 39.9 Å². The minimum absolute atomic E-state index is 0.639. The Hall–Kier alpha value is -2.62. The second-order valence-corrected chi connectivity index (χ2v) is 4.71. The Kier molecular flexibility index (Phi) is 2.52. The molecule has 4 nitrogen and oxygen atoms in total. The van der Waals surface area contributed by atoms with E-state index in [4.69, 9.17) is 4.74 Å². The van der Waals surface area contributed by atoms with Gasteiger partial charge in [0, 0.05) is 12.4 Å². The number of fused-ring (bicyclic) bond motifs is 3. The highest BCUT2D eigenvalue weighted by atomic mass is 16.5. The molecule has 1 aliphatic heterocycles. The van der Waals surface area contributed by atoms with Crippen LogP contribution >= 0.6 is 0 Å². The quantitative estimate of drug-likeness (QED) is 0.677. The fraction of sp³-hybridized carbons (Fsp3) is 0.125. The number of pyridine rings is 1. The molecule has 4 heteroatoms. The van der Waals surface area contributed by atoms with Gasteiger partial charge in [-0.05, 0) is 11.6 Å². The third kappa shape index (κ3) is 1.69. The lowest BCUT2D eigenvalue weighted by Gasteiger charge is -2.08. The van der Waals surface area contributed by atoms with E-state index in [0.717, 1.165) is 29.4 Å². The van der Waals surface area contributed by atoms with Gasteiger partial charge in [-0.15, -0.1) is 0 Å². The van der Waals surface area contributed by atoms with Crippen molar-refractivity contribution in [2.75, 3.05) is 6.61 Å². The standard InChI is InChI=1S/C16H13N3O/c1-2-4-12(5-3-1)14-11-18-16-13-10-17-7-6-15(13)20-9-8-19(14)16/h1-7,10-11H,8-9H2. The van der Waals surface area contributed by atoms with Crippen LogP contribution in [0.1, 0.15) is 0 Å². The van der Waals surface area contributed by atoms with Crippen LogP contribution < -0.4 is 4.74 Å². The summed E-state index contributed by atoms with van der Waals surface area (Å²) < 4.78 is 7.98. The lowest BCUT2D eigenvalue weighted by Crippen LogP contribution is -2.06. The van der Waals surface area contributed by atoms with Crippen molar-refractivity contribution in [3.05, 3.63) is 55.0 Å². The number of hydrogen-bond donors (Lipinski definition) is 0. The van der Waals surface area contributed by atoms with Crippen LogP contribution in [0.2, 0.25) is 0 Å². The number of aromatic nitrogens is 3. The maximum Gasteiger partial charge on any atom is 0.145 e. The second-order valence-electron chi connectivity index (χ2n) is 4.71. The molecule has 0 saturated carbocycles. The summed E-state index contributed by atoms with van der Waals surface area (Å²) in [5, 5.41) is 0. The molecule has 0 bridgehead atoms. The molecule has 0 spiro atoms. The molecule has 1 aliphatic rings. The van der Waals surface area contributed by atoms with Gasteiger partial charge in [0.15, 0.2) is 0 Å². The zero-order chi connectivity index (χ0) is 13.4. The summed E-state index contributed by atoms with van der Waals surface area (Å²) in [7, 11) is 0. The SMILES string of the molecule is c1ccc(-c2cnc3n2CCOc2ccncc2-3)cc1. The van der Waals surface area contributed by atoms with Gasteiger partial charge >= 0.3 is 0 Å². The molecule has 0 amide bonds. The first-order chi connectivity index (χ1) is 9.93. The zero-order valence-corrected chi connectivity index (χ0v) is 10.9. The molecule has 4 rings (SSSR count). The van der Waals surface area contributed by atoms with Crippen molar-refractivity contribution < 1.29 is 4.74 Å². The lowest BCUT2D eigenvalue weighted by molar-refractivity contribution is 0.307. The molecule has 2 aromatic heterocycles. The molecule has 1 aromatic carbocycles. The van der Waals surface area contributed by atoms with Gasteiger partial charge in [-0.3, -0.25) is 4.98 Å². The Morgan fingerprint density at radius 2 is 1.95 bits per heavy atom. The summed E-state index contributed by atoms with van der Waals surface area (Å²) >= 11 is 0. The zero-order valence-electron chi connectivity index (χ0n) is 10.9. The number of nitrogens with zero attached hydrogens (tertiary/aromatic N) is 3. The molecule has 98 valence electrons. The monoisotopic (exact) mass is 263 g/mol. The minimum atomic E-state index is 0.639. The fourth-order valence-corrected chi connectivity index (χ4v) is 2.58. The Balaban J connectivity index is 1.92. The van der Waals surface area contributed by atoms with Gasteiger partial charge in [-0.1, -0.05) is 30.3 Å². The molecule has 3 heterocycles. The average Bonchev–Trinajstić information content (AvgIpc) is 2.84. The van der Waals surface area contributed by atoms with Crippen molar-refractivity contribution in [1.29, 1.82) is 0 Å². The molecule has 3 aromatic rings. The summed E-state index contributed by atoms with van der Waals surface area (Å²) in [6.45, 7) is 1.43. The molecule has 0 radical (unpaired) electrons. The highest BCUT2D eigenvalue weighted by Crippen LogP contribution is 2.33. The second kappa shape index (κ2) is 4.49. The van der Waals surface area contributed by atoms with Crippen LogP contribution in [0.4, 0.5) is 0 Å². The number of ether oxygens (including phenoxy) is 1. The predicted octanol–water partition coefficient (Wildman–Crippen LogP) is 3.00. The van der Waals surface area contributed by atoms with Gasteiger partial charge in [0.1, 0.15) is 18.2 Å². The smallest absolute Gasteiger partial charge is 0.145 e. The van der Waals surface area contributed by atoms with Crippen molar-refractivity contribution in [2.45, 2.75) is 6.54 Å². The first-order valence-electron chi connectivity index (χ1n) is 6.61. The maximum atomic E-state index is 5.78. The van der Waals surface area contributed by atoms with Crippen molar-refractivity contribution in [3.8, 4) is 28.4 Å². The van der Waals surface area contributed by atoms with Gasteiger partial charge < -0.3 is 9.30 Å². The third-order valence-corrected chi connectivity index (χ3v) is 3.52. The third-order valence-electron chi connectivity index (χ3n) is 3.52. The van der Waals surface area contributed by atoms with E-state index in [1.807, 2.05) is 36.7 Å². The van der Waals surface area contributed by atoms with E-state index in [-0.39, 0.29) is 0 Å². The van der Waals surface area contributed by atoms with E-state index < -0.39 is 0 Å². The first kappa shape index (κ1) is 11.2. The van der Waals surface area contributed by atoms with Gasteiger partial charge in [0.25, 0.3) is 0 Å². The molecule has 0 unspecified atom stereocenters. The lowest BCUT2D eigenvalue weighted by atomic mass is 10.1. The van der Waals surface area contributed by atoms with Crippen LogP contribution in [0.15, 0.2) is 55.0 Å². The molecule has 0 atom stereocenters. The fourth-order valence-electron chi connectivity index (χ4n) is 2.58. The van der Waals surface area contributed by atoms with E-state index in [0.29, 0.717) is 6.61 Å². The summed E-state index contributed by atoms with van der Waals surface area (Å²) in [5.41, 5.74) is 3.23. The summed E-state index contributed by atoms with van der Waals surface area (Å²) in [5.74, 6) is 1.77. The van der Waals surface area contributed by atoms with Crippen LogP contribution in [-0.4, -0.2) is 21.1 Å². The highest BCUT2D eigenvalue weighted by Gasteiger charge is 2.19. The Morgan fingerprint density at radius 1 is 1.05 bits per heavy atom. The Labute approximate surface area is 116 Å². The number of benzene rings is 1. The van der Waals surface area contributed by atoms with Gasteiger partial charge in [0.2, 0.25) is 0 Å². The molecule has 0 fully saturated rings. The normalized spacial score (nSPS) is 13.0. The molecular weight excluding hydrogens is 250 g/mol. The Bertz CT molecular complexity index is 749. The van der Waals surface area contributed by atoms with Crippen molar-refractivity contribution in [1.82, 2.24) is 14.5 Å². The molecule has 0 aliphatic carbocycles. The Morgan fingerprint density at radius 3 is 2.85 bits per heavy atom. The first-order valence-corrected chi connectivity index (χ1v) is 6.61. The van der Waals surface area contributed by atoms with Crippen LogP contribution in [-0.2, 0) is 6.54 Å². The van der Waals surface area contributed by atoms with Crippen LogP contribution in [0, 0.1) is 0 Å². The van der Waals surface area contributed by atoms with Gasteiger partial charge in [-0.25, -0.2) is 4.98 Å². The van der Waals surface area contributed by atoms with E-state index in [2.05, 4.69) is 26.7 Å². The van der Waals surface area contributed by atoms with Gasteiger partial charge in [0.05, 0.1) is 24.0 Å². The average molecular weight is 263 g/mol. The van der Waals surface area contributed by atoms with E-state index >= 15 is 0 Å². The van der Waals surface area contributed by atoms with E-state index in [1.165, 1.54) is 5.56 Å². The molecular formula is C16H13N3O. The number of imidazole rings is 1. The summed E-state index contributed by atoms with van der Waals surface area (Å²) in [6, 6.07) is 12.2. The van der Waals surface area contributed by atoms with E-state index in [9.17, 15) is 0 Å².